The summed E-state index contributed by atoms with van der Waals surface area (Å²) in [6.45, 7) is 6.93. The van der Waals surface area contributed by atoms with Crippen molar-refractivity contribution in [3.63, 3.8) is 0 Å². The Kier molecular flexibility index (Phi) is 9.42. The van der Waals surface area contributed by atoms with Crippen molar-refractivity contribution in [1.29, 1.82) is 0 Å². The molecule has 0 radical (unpaired) electrons. The van der Waals surface area contributed by atoms with Gasteiger partial charge in [-0.25, -0.2) is 28.4 Å². The number of ether oxygens (including phenoxy) is 1. The maximum absolute atomic E-state index is 12.2. The molecular formula is C31H37N9O4S. The summed E-state index contributed by atoms with van der Waals surface area (Å²) in [5.74, 6) is 2.07. The lowest BCUT2D eigenvalue weighted by molar-refractivity contribution is -0.121. The molecule has 0 aliphatic carbocycles. The van der Waals surface area contributed by atoms with E-state index in [9.17, 15) is 13.2 Å². The molecule has 1 fully saturated rings. The van der Waals surface area contributed by atoms with Gasteiger partial charge in [0.05, 0.1) is 23.3 Å². The number of aliphatic imine (C=N–C) groups is 1. The number of amides is 1. The van der Waals surface area contributed by atoms with Crippen molar-refractivity contribution < 1.29 is 17.9 Å². The van der Waals surface area contributed by atoms with Crippen LogP contribution in [0, 0.1) is 6.92 Å². The van der Waals surface area contributed by atoms with Crippen LogP contribution in [0.15, 0.2) is 53.9 Å². The molecule has 2 aromatic carbocycles. The number of carbonyl (C=O) groups is 1. The van der Waals surface area contributed by atoms with Crippen molar-refractivity contribution in [1.82, 2.24) is 25.3 Å². The van der Waals surface area contributed by atoms with Crippen LogP contribution < -0.4 is 25.2 Å². The van der Waals surface area contributed by atoms with Gasteiger partial charge >= 0.3 is 0 Å². The van der Waals surface area contributed by atoms with Crippen LogP contribution >= 0.6 is 0 Å². The number of sulfone groups is 1. The average molecular weight is 632 g/mol. The van der Waals surface area contributed by atoms with Gasteiger partial charge in [0.25, 0.3) is 0 Å². The molecule has 13 nitrogen and oxygen atoms in total. The van der Waals surface area contributed by atoms with Crippen LogP contribution in [0.3, 0.4) is 0 Å². The van der Waals surface area contributed by atoms with E-state index in [0.29, 0.717) is 60.2 Å². The molecule has 3 heterocycles. The summed E-state index contributed by atoms with van der Waals surface area (Å²) in [7, 11) is 0.726. The van der Waals surface area contributed by atoms with Gasteiger partial charge < -0.3 is 25.2 Å². The van der Waals surface area contributed by atoms with Crippen molar-refractivity contribution in [3.8, 4) is 11.5 Å². The van der Waals surface area contributed by atoms with E-state index in [0.717, 1.165) is 28.9 Å². The zero-order valence-corrected chi connectivity index (χ0v) is 26.6. The fourth-order valence-electron chi connectivity index (χ4n) is 5.07. The Morgan fingerprint density at radius 3 is 2.60 bits per heavy atom. The van der Waals surface area contributed by atoms with Crippen LogP contribution in [-0.2, 0) is 14.6 Å². The van der Waals surface area contributed by atoms with E-state index in [1.165, 1.54) is 6.33 Å². The van der Waals surface area contributed by atoms with Gasteiger partial charge in [0, 0.05) is 57.7 Å². The van der Waals surface area contributed by atoms with Crippen LogP contribution in [-0.4, -0.2) is 86.2 Å². The van der Waals surface area contributed by atoms with Crippen molar-refractivity contribution in [2.75, 3.05) is 54.3 Å². The number of fused-ring (bicyclic) bond motifs is 1. The molecule has 1 saturated heterocycles. The van der Waals surface area contributed by atoms with Gasteiger partial charge in [-0.15, -0.1) is 0 Å². The first-order chi connectivity index (χ1) is 21.5. The van der Waals surface area contributed by atoms with E-state index >= 15 is 0 Å². The smallest absolute Gasteiger partial charge is 0.226 e. The van der Waals surface area contributed by atoms with E-state index in [2.05, 4.69) is 42.2 Å². The van der Waals surface area contributed by atoms with Crippen molar-refractivity contribution in [2.45, 2.75) is 32.2 Å². The molecule has 14 heteroatoms. The van der Waals surface area contributed by atoms with Crippen molar-refractivity contribution in [2.24, 2.45) is 4.99 Å². The minimum absolute atomic E-state index is 0.0253. The molecule has 1 aliphatic rings. The lowest BCUT2D eigenvalue weighted by Gasteiger charge is -2.32. The van der Waals surface area contributed by atoms with E-state index in [-0.39, 0.29) is 24.1 Å². The van der Waals surface area contributed by atoms with Crippen LogP contribution in [0.1, 0.15) is 24.8 Å². The van der Waals surface area contributed by atoms with Crippen LogP contribution in [0.25, 0.3) is 11.0 Å². The standard InChI is InChI=1S/C31H37N9O4S/c1-20-16-22(6-9-27(20)44-23-7-8-26(39(3)4)24(17-23)32-2)37-30-29-25(34-19-35-30)18-33-31(38-29)40-13-10-21(11-14-40)36-28(41)12-15-45(5,42)43/h6-9,16-19,21H,2,10-15H2,1,3-5H3,(H,36,41)(H,34,35,37). The second-order valence-electron chi connectivity index (χ2n) is 11.2. The highest BCUT2D eigenvalue weighted by molar-refractivity contribution is 7.90. The number of hydrogen-bond acceptors (Lipinski definition) is 12. The SMILES string of the molecule is C=Nc1cc(Oc2ccc(Nc3ncnc4cnc(N5CCC(NC(=O)CCS(C)(=O)=O)CC5)nc34)cc2C)ccc1N(C)C. The van der Waals surface area contributed by atoms with Gasteiger partial charge in [-0.2, -0.15) is 0 Å². The third kappa shape index (κ3) is 8.01. The van der Waals surface area contributed by atoms with Gasteiger partial charge in [-0.05, 0) is 62.4 Å². The average Bonchev–Trinajstić information content (AvgIpc) is 3.01. The zero-order chi connectivity index (χ0) is 32.1. The molecule has 0 spiro atoms. The Labute approximate surface area is 262 Å². The van der Waals surface area contributed by atoms with Gasteiger partial charge in [0.2, 0.25) is 11.9 Å². The summed E-state index contributed by atoms with van der Waals surface area (Å²) in [5.41, 5.74) is 4.61. The summed E-state index contributed by atoms with van der Waals surface area (Å²) in [5, 5.41) is 6.31. The number of aromatic nitrogens is 4. The first-order valence-electron chi connectivity index (χ1n) is 14.5. The molecule has 0 atom stereocenters. The largest absolute Gasteiger partial charge is 0.457 e. The molecule has 45 heavy (non-hydrogen) atoms. The highest BCUT2D eigenvalue weighted by atomic mass is 32.2. The number of aryl methyl sites for hydroxylation is 1. The molecule has 236 valence electrons. The Hall–Kier alpha value is -4.85. The molecule has 0 unspecified atom stereocenters. The van der Waals surface area contributed by atoms with Gasteiger partial charge in [-0.3, -0.25) is 9.79 Å². The Balaban J connectivity index is 1.26. The fourth-order valence-corrected chi connectivity index (χ4v) is 5.62. The number of benzene rings is 2. The first kappa shape index (κ1) is 31.6. The van der Waals surface area contributed by atoms with Crippen LogP contribution in [0.2, 0.25) is 0 Å². The van der Waals surface area contributed by atoms with Gasteiger partial charge in [-0.1, -0.05) is 0 Å². The minimum atomic E-state index is -3.18. The summed E-state index contributed by atoms with van der Waals surface area (Å²) in [4.78, 5) is 38.5. The maximum atomic E-state index is 12.2. The van der Waals surface area contributed by atoms with Crippen molar-refractivity contribution in [3.05, 3.63) is 54.5 Å². The molecule has 4 aromatic rings. The highest BCUT2D eigenvalue weighted by Crippen LogP contribution is 2.35. The molecule has 1 amide bonds. The number of piperidine rings is 1. The molecular weight excluding hydrogens is 594 g/mol. The highest BCUT2D eigenvalue weighted by Gasteiger charge is 2.23. The third-order valence-corrected chi connectivity index (χ3v) is 8.42. The maximum Gasteiger partial charge on any atom is 0.226 e. The summed E-state index contributed by atoms with van der Waals surface area (Å²) in [6.07, 6.45) is 5.64. The second kappa shape index (κ2) is 13.4. The monoisotopic (exact) mass is 631 g/mol. The Morgan fingerprint density at radius 1 is 1.13 bits per heavy atom. The number of nitrogens with one attached hydrogen (secondary N) is 2. The molecule has 2 N–H and O–H groups in total. The molecule has 2 aromatic heterocycles. The van der Waals surface area contributed by atoms with Gasteiger partial charge in [0.1, 0.15) is 38.7 Å². The molecule has 0 saturated carbocycles. The number of carbonyl (C=O) groups excluding carboxylic acids is 1. The van der Waals surface area contributed by atoms with E-state index < -0.39 is 9.84 Å². The summed E-state index contributed by atoms with van der Waals surface area (Å²) in [6, 6.07) is 11.5. The lowest BCUT2D eigenvalue weighted by Crippen LogP contribution is -2.45. The number of rotatable bonds is 11. The predicted molar refractivity (Wildman–Crippen MR) is 177 cm³/mol. The second-order valence-corrected chi connectivity index (χ2v) is 13.5. The third-order valence-electron chi connectivity index (χ3n) is 7.47. The zero-order valence-electron chi connectivity index (χ0n) is 25.8. The fraction of sp³-hybridized carbons (Fsp3) is 0.355. The van der Waals surface area contributed by atoms with Gasteiger partial charge in [0.15, 0.2) is 5.82 Å². The van der Waals surface area contributed by atoms with Crippen LogP contribution in [0.4, 0.5) is 28.8 Å². The summed E-state index contributed by atoms with van der Waals surface area (Å²) >= 11 is 0. The summed E-state index contributed by atoms with van der Waals surface area (Å²) < 4.78 is 28.9. The minimum Gasteiger partial charge on any atom is -0.457 e. The van der Waals surface area contributed by atoms with E-state index in [1.54, 1.807) is 6.20 Å². The number of anilines is 4. The molecule has 1 aliphatic heterocycles. The number of hydrogen-bond donors (Lipinski definition) is 2. The predicted octanol–water partition coefficient (Wildman–Crippen LogP) is 4.18. The van der Waals surface area contributed by atoms with E-state index in [4.69, 9.17) is 9.72 Å². The lowest BCUT2D eigenvalue weighted by atomic mass is 10.1. The first-order valence-corrected chi connectivity index (χ1v) is 16.6. The van der Waals surface area contributed by atoms with E-state index in [1.807, 2.05) is 62.3 Å². The Morgan fingerprint density at radius 2 is 1.91 bits per heavy atom. The molecule has 0 bridgehead atoms. The van der Waals surface area contributed by atoms with Crippen molar-refractivity contribution >= 4 is 62.3 Å². The molecule has 5 rings (SSSR count). The van der Waals surface area contributed by atoms with Crippen LogP contribution in [0.5, 0.6) is 11.5 Å². The number of nitrogens with zero attached hydrogens (tertiary/aromatic N) is 7. The Bertz CT molecular complexity index is 1820. The quantitative estimate of drug-likeness (QED) is 0.229. The topological polar surface area (TPSA) is 155 Å². The normalized spacial score (nSPS) is 13.8.